The van der Waals surface area contributed by atoms with Crippen molar-refractivity contribution in [3.8, 4) is 0 Å². The van der Waals surface area contributed by atoms with Crippen molar-refractivity contribution in [1.82, 2.24) is 4.98 Å². The van der Waals surface area contributed by atoms with Gasteiger partial charge < -0.3 is 11.5 Å². The average molecular weight is 231 g/mol. The first kappa shape index (κ1) is 12.5. The van der Waals surface area contributed by atoms with Crippen LogP contribution < -0.4 is 11.5 Å². The normalized spacial score (nSPS) is 12.2. The molecule has 1 heterocycles. The molecule has 0 amide bonds. The predicted octanol–water partition coefficient (Wildman–Crippen LogP) is 2.04. The lowest BCUT2D eigenvalue weighted by atomic mass is 10.1. The van der Waals surface area contributed by atoms with Crippen LogP contribution in [-0.4, -0.2) is 11.5 Å². The number of hydrogen-bond donors (Lipinski definition) is 2. The lowest BCUT2D eigenvalue weighted by Crippen LogP contribution is -2.07. The zero-order valence-electron chi connectivity index (χ0n) is 8.46. The summed E-state index contributed by atoms with van der Waals surface area (Å²) in [6.45, 7) is 0.433. The zero-order chi connectivity index (χ0) is 12.2. The topological polar surface area (TPSA) is 64.9 Å². The van der Waals surface area contributed by atoms with E-state index in [1.165, 1.54) is 6.08 Å². The minimum atomic E-state index is -4.41. The molecule has 88 valence electrons. The number of nitrogens with zero attached hydrogens (tertiary/aromatic N) is 1. The fourth-order valence-corrected chi connectivity index (χ4v) is 1.09. The van der Waals surface area contributed by atoms with Gasteiger partial charge in [0.25, 0.3) is 0 Å². The summed E-state index contributed by atoms with van der Waals surface area (Å²) in [7, 11) is 0. The number of hydrogen-bond acceptors (Lipinski definition) is 3. The Morgan fingerprint density at radius 3 is 2.62 bits per heavy atom. The fourth-order valence-electron chi connectivity index (χ4n) is 1.09. The highest BCUT2D eigenvalue weighted by molar-refractivity contribution is 5.61. The summed E-state index contributed by atoms with van der Waals surface area (Å²) < 4.78 is 37.1. The summed E-state index contributed by atoms with van der Waals surface area (Å²) in [4.78, 5) is 3.50. The van der Waals surface area contributed by atoms with Gasteiger partial charge in [-0.05, 0) is 19.0 Å². The quantitative estimate of drug-likeness (QED) is 0.836. The number of nitrogen functional groups attached to an aromatic ring is 1. The first-order valence-electron chi connectivity index (χ1n) is 4.64. The number of halogens is 3. The predicted molar refractivity (Wildman–Crippen MR) is 56.4 cm³/mol. The first-order chi connectivity index (χ1) is 7.45. The molecule has 0 saturated carbocycles. The van der Waals surface area contributed by atoms with Crippen LogP contribution in [0.3, 0.4) is 0 Å². The van der Waals surface area contributed by atoms with E-state index in [0.717, 1.165) is 12.3 Å². The van der Waals surface area contributed by atoms with Crippen LogP contribution in [0.15, 0.2) is 18.3 Å². The van der Waals surface area contributed by atoms with E-state index in [1.54, 1.807) is 6.08 Å². The third-order valence-corrected chi connectivity index (χ3v) is 1.91. The van der Waals surface area contributed by atoms with Crippen LogP contribution in [0, 0.1) is 0 Å². The number of pyridine rings is 1. The lowest BCUT2D eigenvalue weighted by molar-refractivity contribution is -0.137. The Hall–Kier alpha value is -1.56. The molecule has 0 unspecified atom stereocenters. The van der Waals surface area contributed by atoms with Gasteiger partial charge in [0.15, 0.2) is 0 Å². The Morgan fingerprint density at radius 1 is 1.38 bits per heavy atom. The van der Waals surface area contributed by atoms with Gasteiger partial charge >= 0.3 is 6.18 Å². The van der Waals surface area contributed by atoms with Gasteiger partial charge in [-0.25, -0.2) is 4.98 Å². The van der Waals surface area contributed by atoms with Crippen molar-refractivity contribution in [2.24, 2.45) is 5.73 Å². The minimum Gasteiger partial charge on any atom is -0.383 e. The third kappa shape index (κ3) is 3.23. The highest BCUT2D eigenvalue weighted by Gasteiger charge is 2.31. The van der Waals surface area contributed by atoms with Crippen LogP contribution in [-0.2, 0) is 6.18 Å². The molecule has 0 aliphatic rings. The maximum atomic E-state index is 12.4. The second-order valence-electron chi connectivity index (χ2n) is 3.18. The summed E-state index contributed by atoms with van der Waals surface area (Å²) in [5, 5.41) is 0. The van der Waals surface area contributed by atoms with Gasteiger partial charge in [-0.15, -0.1) is 0 Å². The van der Waals surface area contributed by atoms with Gasteiger partial charge in [0.05, 0.1) is 5.56 Å². The lowest BCUT2D eigenvalue weighted by Gasteiger charge is -2.07. The molecule has 6 heteroatoms. The molecule has 0 atom stereocenters. The average Bonchev–Trinajstić information content (AvgIpc) is 2.19. The summed E-state index contributed by atoms with van der Waals surface area (Å²) >= 11 is 0. The summed E-state index contributed by atoms with van der Waals surface area (Å²) in [5.41, 5.74) is 10.1. The Balaban J connectivity index is 3.00. The van der Waals surface area contributed by atoms with Crippen molar-refractivity contribution >= 4 is 11.9 Å². The molecule has 0 aromatic carbocycles. The zero-order valence-corrected chi connectivity index (χ0v) is 8.46. The van der Waals surface area contributed by atoms with Crippen LogP contribution in [0.5, 0.6) is 0 Å². The molecule has 1 aromatic heterocycles. The molecular weight excluding hydrogens is 219 g/mol. The standard InChI is InChI=1S/C10H12F3N3/c11-10(12,13)8-5-7(3-1-2-4-14)9(15)16-6-8/h1,3,5-6H,2,4,14H2,(H2,15,16). The van der Waals surface area contributed by atoms with E-state index in [2.05, 4.69) is 4.98 Å². The highest BCUT2D eigenvalue weighted by Crippen LogP contribution is 2.30. The van der Waals surface area contributed by atoms with Crippen LogP contribution in [0.1, 0.15) is 17.5 Å². The van der Waals surface area contributed by atoms with Gasteiger partial charge in [0, 0.05) is 11.8 Å². The molecule has 16 heavy (non-hydrogen) atoms. The van der Waals surface area contributed by atoms with Gasteiger partial charge in [-0.3, -0.25) is 0 Å². The van der Waals surface area contributed by atoms with E-state index in [-0.39, 0.29) is 11.4 Å². The highest BCUT2D eigenvalue weighted by atomic mass is 19.4. The van der Waals surface area contributed by atoms with Crippen molar-refractivity contribution in [1.29, 1.82) is 0 Å². The number of aromatic nitrogens is 1. The van der Waals surface area contributed by atoms with E-state index < -0.39 is 11.7 Å². The smallest absolute Gasteiger partial charge is 0.383 e. The van der Waals surface area contributed by atoms with Gasteiger partial charge in [-0.1, -0.05) is 12.2 Å². The molecule has 3 nitrogen and oxygen atoms in total. The molecular formula is C10H12F3N3. The minimum absolute atomic E-state index is 0.0706. The Labute approximate surface area is 91.0 Å². The van der Waals surface area contributed by atoms with Crippen molar-refractivity contribution in [2.75, 3.05) is 12.3 Å². The molecule has 0 saturated heterocycles. The van der Waals surface area contributed by atoms with E-state index in [0.29, 0.717) is 13.0 Å². The first-order valence-corrected chi connectivity index (χ1v) is 4.64. The van der Waals surface area contributed by atoms with Gasteiger partial charge in [-0.2, -0.15) is 13.2 Å². The maximum Gasteiger partial charge on any atom is 0.417 e. The molecule has 0 radical (unpaired) electrons. The van der Waals surface area contributed by atoms with Gasteiger partial charge in [0.1, 0.15) is 5.82 Å². The number of anilines is 1. The summed E-state index contributed by atoms with van der Waals surface area (Å²) in [6, 6.07) is 0.968. The maximum absolute atomic E-state index is 12.4. The summed E-state index contributed by atoms with van der Waals surface area (Å²) in [6.07, 6.45) is 0.0421. The molecule has 0 bridgehead atoms. The van der Waals surface area contributed by atoms with Crippen LogP contribution in [0.25, 0.3) is 6.08 Å². The van der Waals surface area contributed by atoms with Crippen LogP contribution in [0.4, 0.5) is 19.0 Å². The van der Waals surface area contributed by atoms with E-state index in [9.17, 15) is 13.2 Å². The SMILES string of the molecule is NCCC=Cc1cc(C(F)(F)F)cnc1N. The van der Waals surface area contributed by atoms with Crippen LogP contribution >= 0.6 is 0 Å². The second-order valence-corrected chi connectivity index (χ2v) is 3.18. The molecule has 1 aromatic rings. The van der Waals surface area contributed by atoms with Crippen molar-refractivity contribution < 1.29 is 13.2 Å². The van der Waals surface area contributed by atoms with E-state index >= 15 is 0 Å². The molecule has 0 spiro atoms. The van der Waals surface area contributed by atoms with E-state index in [1.807, 2.05) is 0 Å². The molecule has 0 aliphatic heterocycles. The molecule has 4 N–H and O–H groups in total. The summed E-state index contributed by atoms with van der Waals surface area (Å²) in [5.74, 6) is 0.0706. The van der Waals surface area contributed by atoms with Crippen molar-refractivity contribution in [2.45, 2.75) is 12.6 Å². The second kappa shape index (κ2) is 4.98. The van der Waals surface area contributed by atoms with Gasteiger partial charge in [0.2, 0.25) is 0 Å². The monoisotopic (exact) mass is 231 g/mol. The Bertz CT molecular complexity index is 385. The molecule has 0 aliphatic carbocycles. The number of nitrogens with two attached hydrogens (primary N) is 2. The number of alkyl halides is 3. The van der Waals surface area contributed by atoms with E-state index in [4.69, 9.17) is 11.5 Å². The van der Waals surface area contributed by atoms with Crippen molar-refractivity contribution in [3.63, 3.8) is 0 Å². The number of rotatable bonds is 3. The Kier molecular flexibility index (Phi) is 3.89. The van der Waals surface area contributed by atoms with Crippen molar-refractivity contribution in [3.05, 3.63) is 29.5 Å². The van der Waals surface area contributed by atoms with Crippen LogP contribution in [0.2, 0.25) is 0 Å². The third-order valence-electron chi connectivity index (χ3n) is 1.91. The molecule has 0 fully saturated rings. The fraction of sp³-hybridized carbons (Fsp3) is 0.300. The Morgan fingerprint density at radius 2 is 2.06 bits per heavy atom. The largest absolute Gasteiger partial charge is 0.417 e. The molecule has 1 rings (SSSR count).